The molecule has 0 saturated carbocycles. The van der Waals surface area contributed by atoms with Gasteiger partial charge in [0.1, 0.15) is 0 Å². The molecule has 0 aromatic carbocycles. The Bertz CT molecular complexity index is 747. The Morgan fingerprint density at radius 2 is 1.76 bits per heavy atom. The van der Waals surface area contributed by atoms with Gasteiger partial charge in [-0.2, -0.15) is 12.6 Å². The van der Waals surface area contributed by atoms with Crippen LogP contribution in [-0.4, -0.2) is 15.0 Å². The molecule has 0 spiro atoms. The molecule has 21 heavy (non-hydrogen) atoms. The normalized spacial score (nSPS) is 26.9. The molecular weight excluding hydrogens is 278 g/mol. The molecule has 0 amide bonds. The standard InChI is InChI=1S/C17H17N3S/c1-9-11-4-3-5-19-16(11)17(21)14-10(2)15-13(8-12(9)14)18-6-7-20-15/h3-7,9-10,17,21H,8H2,1-2H3. The largest absolute Gasteiger partial charge is 0.259 e. The Labute approximate surface area is 130 Å². The summed E-state index contributed by atoms with van der Waals surface area (Å²) in [7, 11) is 0. The molecule has 0 fully saturated rings. The van der Waals surface area contributed by atoms with E-state index in [0.29, 0.717) is 5.92 Å². The molecule has 0 saturated heterocycles. The van der Waals surface area contributed by atoms with E-state index in [2.05, 4.69) is 34.9 Å². The van der Waals surface area contributed by atoms with Gasteiger partial charge in [0, 0.05) is 36.8 Å². The number of allylic oxidation sites excluding steroid dienone is 1. The predicted octanol–water partition coefficient (Wildman–Crippen LogP) is 3.62. The minimum Gasteiger partial charge on any atom is -0.259 e. The van der Waals surface area contributed by atoms with Crippen LogP contribution < -0.4 is 0 Å². The van der Waals surface area contributed by atoms with Crippen LogP contribution >= 0.6 is 12.6 Å². The van der Waals surface area contributed by atoms with Gasteiger partial charge in [0.05, 0.1) is 22.3 Å². The molecule has 3 unspecified atom stereocenters. The van der Waals surface area contributed by atoms with E-state index >= 15 is 0 Å². The molecule has 0 N–H and O–H groups in total. The van der Waals surface area contributed by atoms with Gasteiger partial charge in [-0.1, -0.05) is 25.5 Å². The summed E-state index contributed by atoms with van der Waals surface area (Å²) >= 11 is 4.89. The summed E-state index contributed by atoms with van der Waals surface area (Å²) in [5, 5.41) is 0.0672. The topological polar surface area (TPSA) is 38.7 Å². The van der Waals surface area contributed by atoms with E-state index < -0.39 is 0 Å². The molecule has 3 atom stereocenters. The first-order valence-corrected chi connectivity index (χ1v) is 7.85. The third-order valence-electron chi connectivity index (χ3n) is 4.83. The van der Waals surface area contributed by atoms with Gasteiger partial charge in [0.25, 0.3) is 0 Å². The average Bonchev–Trinajstić information content (AvgIpc) is 2.52. The van der Waals surface area contributed by atoms with E-state index in [1.165, 1.54) is 16.7 Å². The van der Waals surface area contributed by atoms with Crippen LogP contribution in [0.4, 0.5) is 0 Å². The Hall–Kier alpha value is -1.68. The maximum atomic E-state index is 4.89. The molecule has 0 radical (unpaired) electrons. The fourth-order valence-corrected chi connectivity index (χ4v) is 4.36. The molecule has 3 nitrogen and oxygen atoms in total. The lowest BCUT2D eigenvalue weighted by Crippen LogP contribution is -2.26. The van der Waals surface area contributed by atoms with Crippen molar-refractivity contribution in [3.05, 3.63) is 64.5 Å². The summed E-state index contributed by atoms with van der Waals surface area (Å²) in [4.78, 5) is 13.7. The molecule has 4 heteroatoms. The van der Waals surface area contributed by atoms with Crippen LogP contribution in [0.2, 0.25) is 0 Å². The smallest absolute Gasteiger partial charge is 0.0691 e. The van der Waals surface area contributed by atoms with Gasteiger partial charge < -0.3 is 0 Å². The van der Waals surface area contributed by atoms with E-state index in [-0.39, 0.29) is 11.2 Å². The lowest BCUT2D eigenvalue weighted by molar-refractivity contribution is 0.651. The zero-order valence-corrected chi connectivity index (χ0v) is 13.0. The maximum Gasteiger partial charge on any atom is 0.0691 e. The Morgan fingerprint density at radius 3 is 2.62 bits per heavy atom. The Kier molecular flexibility index (Phi) is 2.89. The number of aromatic nitrogens is 3. The lowest BCUT2D eigenvalue weighted by atomic mass is 9.71. The highest BCUT2D eigenvalue weighted by Crippen LogP contribution is 2.51. The van der Waals surface area contributed by atoms with Crippen LogP contribution in [0.15, 0.2) is 41.9 Å². The van der Waals surface area contributed by atoms with Gasteiger partial charge in [0.2, 0.25) is 0 Å². The second-order valence-corrected chi connectivity index (χ2v) is 6.39. The number of hydrogen-bond donors (Lipinski definition) is 1. The molecule has 2 aliphatic rings. The molecule has 106 valence electrons. The van der Waals surface area contributed by atoms with Crippen LogP contribution in [-0.2, 0) is 6.42 Å². The van der Waals surface area contributed by atoms with Gasteiger partial charge in [-0.15, -0.1) is 0 Å². The van der Waals surface area contributed by atoms with Gasteiger partial charge in [0.15, 0.2) is 0 Å². The van der Waals surface area contributed by atoms with Crippen molar-refractivity contribution in [2.45, 2.75) is 37.4 Å². The lowest BCUT2D eigenvalue weighted by Gasteiger charge is -2.37. The van der Waals surface area contributed by atoms with E-state index in [4.69, 9.17) is 12.6 Å². The van der Waals surface area contributed by atoms with Crippen LogP contribution in [0.25, 0.3) is 0 Å². The van der Waals surface area contributed by atoms with Crippen molar-refractivity contribution in [2.75, 3.05) is 0 Å². The molecule has 2 aliphatic carbocycles. The van der Waals surface area contributed by atoms with E-state index in [9.17, 15) is 0 Å². The zero-order chi connectivity index (χ0) is 14.6. The number of fused-ring (bicyclic) bond motifs is 2. The van der Waals surface area contributed by atoms with Gasteiger partial charge >= 0.3 is 0 Å². The maximum absolute atomic E-state index is 4.89. The fourth-order valence-electron chi connectivity index (χ4n) is 3.76. The van der Waals surface area contributed by atoms with Gasteiger partial charge in [-0.3, -0.25) is 15.0 Å². The first-order valence-electron chi connectivity index (χ1n) is 7.34. The van der Waals surface area contributed by atoms with Gasteiger partial charge in [-0.05, 0) is 17.2 Å². The molecule has 2 aromatic heterocycles. The molecule has 4 rings (SSSR count). The highest BCUT2D eigenvalue weighted by molar-refractivity contribution is 7.80. The third-order valence-corrected chi connectivity index (χ3v) is 5.35. The SMILES string of the molecule is CC1C2=C(C(C)c3nccnc3C2)C(S)c2ncccc21. The third kappa shape index (κ3) is 1.78. The minimum absolute atomic E-state index is 0.0672. The second-order valence-electron chi connectivity index (χ2n) is 5.87. The fraction of sp³-hybridized carbons (Fsp3) is 0.353. The average molecular weight is 295 g/mol. The van der Waals surface area contributed by atoms with Crippen molar-refractivity contribution < 1.29 is 0 Å². The molecule has 2 aromatic rings. The second kappa shape index (κ2) is 4.67. The molecular formula is C17H17N3S. The number of thiol groups is 1. The first kappa shape index (κ1) is 13.0. The van der Waals surface area contributed by atoms with Crippen molar-refractivity contribution in [1.29, 1.82) is 0 Å². The van der Waals surface area contributed by atoms with Crippen LogP contribution in [0.3, 0.4) is 0 Å². The van der Waals surface area contributed by atoms with E-state index in [1.54, 1.807) is 12.4 Å². The monoisotopic (exact) mass is 295 g/mol. The number of hydrogen-bond acceptors (Lipinski definition) is 4. The first-order chi connectivity index (χ1) is 10.2. The van der Waals surface area contributed by atoms with Crippen molar-refractivity contribution in [3.8, 4) is 0 Å². The summed E-state index contributed by atoms with van der Waals surface area (Å²) in [6.07, 6.45) is 6.32. The van der Waals surface area contributed by atoms with Crippen LogP contribution in [0.1, 0.15) is 53.6 Å². The van der Waals surface area contributed by atoms with Crippen molar-refractivity contribution >= 4 is 12.6 Å². The minimum atomic E-state index is 0.0672. The highest BCUT2D eigenvalue weighted by atomic mass is 32.1. The van der Waals surface area contributed by atoms with E-state index in [0.717, 1.165) is 23.5 Å². The van der Waals surface area contributed by atoms with Crippen LogP contribution in [0, 0.1) is 0 Å². The van der Waals surface area contributed by atoms with Crippen molar-refractivity contribution in [1.82, 2.24) is 15.0 Å². The number of rotatable bonds is 0. The number of nitrogens with zero attached hydrogens (tertiary/aromatic N) is 3. The van der Waals surface area contributed by atoms with E-state index in [1.807, 2.05) is 12.3 Å². The highest BCUT2D eigenvalue weighted by Gasteiger charge is 2.38. The number of pyridine rings is 1. The van der Waals surface area contributed by atoms with Crippen LogP contribution in [0.5, 0.6) is 0 Å². The predicted molar refractivity (Wildman–Crippen MR) is 85.6 cm³/mol. The van der Waals surface area contributed by atoms with Crippen molar-refractivity contribution in [2.24, 2.45) is 0 Å². The quantitative estimate of drug-likeness (QED) is 0.596. The molecule has 0 bridgehead atoms. The summed E-state index contributed by atoms with van der Waals surface area (Å²) in [6.45, 7) is 4.48. The zero-order valence-electron chi connectivity index (χ0n) is 12.1. The molecule has 0 aliphatic heterocycles. The Balaban J connectivity index is 1.91. The van der Waals surface area contributed by atoms with Gasteiger partial charge in [-0.25, -0.2) is 0 Å². The Morgan fingerprint density at radius 1 is 1.00 bits per heavy atom. The molecule has 2 heterocycles. The summed E-state index contributed by atoms with van der Waals surface area (Å²) in [6, 6.07) is 4.19. The summed E-state index contributed by atoms with van der Waals surface area (Å²) < 4.78 is 0. The summed E-state index contributed by atoms with van der Waals surface area (Å²) in [5.41, 5.74) is 7.45. The summed E-state index contributed by atoms with van der Waals surface area (Å²) in [5.74, 6) is 0.641. The van der Waals surface area contributed by atoms with Crippen molar-refractivity contribution in [3.63, 3.8) is 0 Å².